The minimum atomic E-state index is -3.42. The molecule has 5 nitrogen and oxygen atoms in total. The summed E-state index contributed by atoms with van der Waals surface area (Å²) in [6.45, 7) is 2.20. The molecule has 0 saturated heterocycles. The van der Waals surface area contributed by atoms with E-state index in [-0.39, 0.29) is 12.3 Å². The van der Waals surface area contributed by atoms with Crippen molar-refractivity contribution >= 4 is 10.0 Å². The van der Waals surface area contributed by atoms with Crippen molar-refractivity contribution in [3.05, 3.63) is 35.2 Å². The van der Waals surface area contributed by atoms with Crippen molar-refractivity contribution in [2.24, 2.45) is 0 Å². The second-order valence-corrected chi connectivity index (χ2v) is 6.04. The van der Waals surface area contributed by atoms with Gasteiger partial charge in [0.15, 0.2) is 11.5 Å². The molecule has 0 unspecified atom stereocenters. The van der Waals surface area contributed by atoms with Gasteiger partial charge in [-0.2, -0.15) is 0 Å². The molecule has 0 aliphatic heterocycles. The highest BCUT2D eigenvalue weighted by molar-refractivity contribution is 7.92. The summed E-state index contributed by atoms with van der Waals surface area (Å²) in [5.74, 6) is 0.346. The SMILES string of the molecule is CCCC/C=C/S(=O)(=O)NCc1ccc(O)c(OC)c1. The Balaban J connectivity index is 2.60. The van der Waals surface area contributed by atoms with Gasteiger partial charge < -0.3 is 9.84 Å². The third kappa shape index (κ3) is 5.63. The first kappa shape index (κ1) is 16.5. The Morgan fingerprint density at radius 1 is 1.40 bits per heavy atom. The lowest BCUT2D eigenvalue weighted by Gasteiger charge is -2.07. The highest BCUT2D eigenvalue weighted by Gasteiger charge is 2.07. The quantitative estimate of drug-likeness (QED) is 0.723. The Morgan fingerprint density at radius 3 is 2.80 bits per heavy atom. The molecule has 0 heterocycles. The number of methoxy groups -OCH3 is 1. The van der Waals surface area contributed by atoms with Gasteiger partial charge in [-0.05, 0) is 24.1 Å². The van der Waals surface area contributed by atoms with Gasteiger partial charge in [-0.15, -0.1) is 0 Å². The van der Waals surface area contributed by atoms with Crippen LogP contribution in [0.3, 0.4) is 0 Å². The highest BCUT2D eigenvalue weighted by Crippen LogP contribution is 2.26. The predicted molar refractivity (Wildman–Crippen MR) is 79.1 cm³/mol. The van der Waals surface area contributed by atoms with Gasteiger partial charge in [0.2, 0.25) is 10.0 Å². The van der Waals surface area contributed by atoms with Crippen LogP contribution in [0.15, 0.2) is 29.7 Å². The molecular formula is C14H21NO4S. The minimum absolute atomic E-state index is 0.0265. The molecule has 0 spiro atoms. The summed E-state index contributed by atoms with van der Waals surface area (Å²) < 4.78 is 30.9. The van der Waals surface area contributed by atoms with E-state index in [4.69, 9.17) is 4.74 Å². The number of hydrogen-bond acceptors (Lipinski definition) is 4. The second-order valence-electron chi connectivity index (χ2n) is 4.39. The number of nitrogens with one attached hydrogen (secondary N) is 1. The van der Waals surface area contributed by atoms with Crippen molar-refractivity contribution in [1.82, 2.24) is 4.72 Å². The van der Waals surface area contributed by atoms with Crippen molar-refractivity contribution < 1.29 is 18.3 Å². The zero-order valence-electron chi connectivity index (χ0n) is 11.8. The van der Waals surface area contributed by atoms with Crippen LogP contribution in [0.25, 0.3) is 0 Å². The Morgan fingerprint density at radius 2 is 2.15 bits per heavy atom. The molecule has 0 amide bonds. The summed E-state index contributed by atoms with van der Waals surface area (Å²) in [6.07, 6.45) is 4.42. The number of rotatable bonds is 8. The molecule has 1 rings (SSSR count). The zero-order chi connectivity index (χ0) is 15.0. The summed E-state index contributed by atoms with van der Waals surface area (Å²) in [6, 6.07) is 4.71. The van der Waals surface area contributed by atoms with Crippen LogP contribution >= 0.6 is 0 Å². The van der Waals surface area contributed by atoms with Crippen LogP contribution in [0, 0.1) is 0 Å². The van der Waals surface area contributed by atoms with Crippen LogP contribution < -0.4 is 9.46 Å². The van der Waals surface area contributed by atoms with Gasteiger partial charge >= 0.3 is 0 Å². The van der Waals surface area contributed by atoms with E-state index in [1.807, 2.05) is 0 Å². The third-order valence-electron chi connectivity index (χ3n) is 2.72. The van der Waals surface area contributed by atoms with E-state index in [2.05, 4.69) is 11.6 Å². The standard InChI is InChI=1S/C14H21NO4S/c1-3-4-5-6-9-20(17,18)15-11-12-7-8-13(16)14(10-12)19-2/h6-10,15-16H,3-5,11H2,1-2H3/b9-6+. The largest absolute Gasteiger partial charge is 0.504 e. The average Bonchev–Trinajstić information content (AvgIpc) is 2.43. The van der Waals surface area contributed by atoms with Crippen LogP contribution in [0.2, 0.25) is 0 Å². The molecule has 0 aliphatic carbocycles. The lowest BCUT2D eigenvalue weighted by atomic mass is 10.2. The molecule has 1 aromatic carbocycles. The van der Waals surface area contributed by atoms with Gasteiger partial charge in [0.25, 0.3) is 0 Å². The first-order valence-corrected chi connectivity index (χ1v) is 8.05. The molecule has 0 radical (unpaired) electrons. The third-order valence-corrected chi connectivity index (χ3v) is 3.82. The van der Waals surface area contributed by atoms with Crippen molar-refractivity contribution in [3.63, 3.8) is 0 Å². The maximum Gasteiger partial charge on any atom is 0.233 e. The number of phenolic OH excluding ortho intramolecular Hbond substituents is 1. The van der Waals surface area contributed by atoms with Gasteiger partial charge in [0.1, 0.15) is 0 Å². The molecule has 6 heteroatoms. The van der Waals surface area contributed by atoms with Crippen molar-refractivity contribution in [2.45, 2.75) is 32.7 Å². The number of phenols is 1. The summed E-state index contributed by atoms with van der Waals surface area (Å²) >= 11 is 0. The number of unbranched alkanes of at least 4 members (excludes halogenated alkanes) is 2. The second kappa shape index (κ2) is 7.91. The molecular weight excluding hydrogens is 278 g/mol. The number of hydrogen-bond donors (Lipinski definition) is 2. The molecule has 0 aromatic heterocycles. The monoisotopic (exact) mass is 299 g/mol. The minimum Gasteiger partial charge on any atom is -0.504 e. The molecule has 0 fully saturated rings. The normalized spacial score (nSPS) is 11.9. The Bertz CT molecular complexity index is 552. The zero-order valence-corrected chi connectivity index (χ0v) is 12.6. The van der Waals surface area contributed by atoms with Crippen LogP contribution in [-0.4, -0.2) is 20.6 Å². The first-order valence-electron chi connectivity index (χ1n) is 6.50. The summed E-state index contributed by atoms with van der Waals surface area (Å²) in [4.78, 5) is 0. The van der Waals surface area contributed by atoms with Crippen LogP contribution in [-0.2, 0) is 16.6 Å². The first-order chi connectivity index (χ1) is 9.48. The number of allylic oxidation sites excluding steroid dienone is 1. The molecule has 2 N–H and O–H groups in total. The Hall–Kier alpha value is -1.53. The lowest BCUT2D eigenvalue weighted by Crippen LogP contribution is -2.20. The maximum absolute atomic E-state index is 11.7. The van der Waals surface area contributed by atoms with Crippen molar-refractivity contribution in [2.75, 3.05) is 7.11 Å². The molecule has 0 aliphatic rings. The van der Waals surface area contributed by atoms with Crippen molar-refractivity contribution in [1.29, 1.82) is 0 Å². The summed E-state index contributed by atoms with van der Waals surface area (Å²) in [5.41, 5.74) is 0.713. The topological polar surface area (TPSA) is 75.6 Å². The van der Waals surface area contributed by atoms with Gasteiger partial charge in [0.05, 0.1) is 7.11 Å². The van der Waals surface area contributed by atoms with Gasteiger partial charge in [-0.3, -0.25) is 0 Å². The smallest absolute Gasteiger partial charge is 0.233 e. The van der Waals surface area contributed by atoms with Crippen LogP contribution in [0.4, 0.5) is 0 Å². The van der Waals surface area contributed by atoms with E-state index in [0.717, 1.165) is 19.3 Å². The van der Waals surface area contributed by atoms with Crippen molar-refractivity contribution in [3.8, 4) is 11.5 Å². The Labute approximate surface area is 120 Å². The van der Waals surface area contributed by atoms with E-state index in [1.54, 1.807) is 18.2 Å². The van der Waals surface area contributed by atoms with Crippen LogP contribution in [0.1, 0.15) is 31.7 Å². The lowest BCUT2D eigenvalue weighted by molar-refractivity contribution is 0.373. The van der Waals surface area contributed by atoms with E-state index < -0.39 is 10.0 Å². The molecule has 0 saturated carbocycles. The fraction of sp³-hybridized carbons (Fsp3) is 0.429. The highest BCUT2D eigenvalue weighted by atomic mass is 32.2. The van der Waals surface area contributed by atoms with Gasteiger partial charge in [0, 0.05) is 12.0 Å². The van der Waals surface area contributed by atoms with E-state index in [1.165, 1.54) is 18.6 Å². The fourth-order valence-corrected chi connectivity index (χ4v) is 2.43. The van der Waals surface area contributed by atoms with Gasteiger partial charge in [-0.25, -0.2) is 13.1 Å². The Kier molecular flexibility index (Phi) is 6.54. The number of ether oxygens (including phenoxy) is 1. The van der Waals surface area contributed by atoms with Gasteiger partial charge in [-0.1, -0.05) is 31.9 Å². The average molecular weight is 299 g/mol. The number of sulfonamides is 1. The number of aromatic hydroxyl groups is 1. The maximum atomic E-state index is 11.7. The fourth-order valence-electron chi connectivity index (χ4n) is 1.58. The molecule has 1 aromatic rings. The van der Waals surface area contributed by atoms with E-state index in [0.29, 0.717) is 11.3 Å². The molecule has 0 bridgehead atoms. The van der Waals surface area contributed by atoms with E-state index in [9.17, 15) is 13.5 Å². The summed E-state index contributed by atoms with van der Waals surface area (Å²) in [7, 11) is -1.98. The predicted octanol–water partition coefficient (Wildman–Crippen LogP) is 2.52. The van der Waals surface area contributed by atoms with E-state index >= 15 is 0 Å². The molecule has 20 heavy (non-hydrogen) atoms. The number of benzene rings is 1. The molecule has 112 valence electrons. The molecule has 0 atom stereocenters. The van der Waals surface area contributed by atoms with Crippen LogP contribution in [0.5, 0.6) is 11.5 Å². The summed E-state index contributed by atoms with van der Waals surface area (Å²) in [5, 5.41) is 10.6.